The topological polar surface area (TPSA) is 57.7 Å². The van der Waals surface area contributed by atoms with Gasteiger partial charge in [0.15, 0.2) is 0 Å². The first-order chi connectivity index (χ1) is 8.35. The fourth-order valence-corrected chi connectivity index (χ4v) is 3.55. The van der Waals surface area contributed by atoms with Gasteiger partial charge in [0.1, 0.15) is 6.04 Å². The van der Waals surface area contributed by atoms with Crippen LogP contribution in [-0.4, -0.2) is 36.0 Å². The van der Waals surface area contributed by atoms with Gasteiger partial charge in [-0.1, -0.05) is 29.8 Å². The van der Waals surface area contributed by atoms with Crippen LogP contribution in [0.1, 0.15) is 12.5 Å². The molecular formula is C11H13ClN2O3S. The summed E-state index contributed by atoms with van der Waals surface area (Å²) >= 11 is 6.00. The predicted octanol–water partition coefficient (Wildman–Crippen LogP) is 1.25. The van der Waals surface area contributed by atoms with Crippen LogP contribution in [0.15, 0.2) is 24.3 Å². The Balaban J connectivity index is 2.35. The molecule has 1 aromatic carbocycles. The monoisotopic (exact) mass is 288 g/mol. The van der Waals surface area contributed by atoms with Crippen molar-refractivity contribution in [2.75, 3.05) is 7.05 Å². The third-order valence-electron chi connectivity index (χ3n) is 3.03. The summed E-state index contributed by atoms with van der Waals surface area (Å²) in [6.45, 7) is 1.67. The van der Waals surface area contributed by atoms with Crippen molar-refractivity contribution in [2.45, 2.75) is 19.5 Å². The van der Waals surface area contributed by atoms with Crippen LogP contribution in [0.2, 0.25) is 5.02 Å². The number of rotatable bonds is 2. The van der Waals surface area contributed by atoms with Crippen LogP contribution in [0.3, 0.4) is 0 Å². The molecule has 0 saturated carbocycles. The van der Waals surface area contributed by atoms with Crippen molar-refractivity contribution in [3.8, 4) is 0 Å². The zero-order valence-corrected chi connectivity index (χ0v) is 11.6. The molecule has 1 amide bonds. The summed E-state index contributed by atoms with van der Waals surface area (Å²) in [7, 11) is -2.46. The fraction of sp³-hybridized carbons (Fsp3) is 0.364. The summed E-state index contributed by atoms with van der Waals surface area (Å²) in [6.07, 6.45) is 0. The van der Waals surface area contributed by atoms with Crippen LogP contribution < -0.4 is 0 Å². The van der Waals surface area contributed by atoms with Crippen LogP contribution in [0.25, 0.3) is 0 Å². The number of likely N-dealkylation sites (N-methyl/N-ethyl adjacent to an activating group) is 1. The van der Waals surface area contributed by atoms with Crippen LogP contribution in [0.4, 0.5) is 0 Å². The highest BCUT2D eigenvalue weighted by atomic mass is 35.5. The van der Waals surface area contributed by atoms with Crippen molar-refractivity contribution in [3.05, 3.63) is 34.9 Å². The highest BCUT2D eigenvalue weighted by Gasteiger charge is 2.45. The summed E-state index contributed by atoms with van der Waals surface area (Å²) in [5.74, 6) is -0.429. The van der Waals surface area contributed by atoms with E-state index < -0.39 is 22.2 Å². The number of nitrogens with zero attached hydrogens (tertiary/aromatic N) is 2. The van der Waals surface area contributed by atoms with Crippen molar-refractivity contribution < 1.29 is 13.2 Å². The van der Waals surface area contributed by atoms with Gasteiger partial charge in [-0.25, -0.2) is 4.31 Å². The average molecular weight is 289 g/mol. The van der Waals surface area contributed by atoms with Crippen molar-refractivity contribution >= 4 is 27.7 Å². The lowest BCUT2D eigenvalue weighted by atomic mass is 10.2. The largest absolute Gasteiger partial charge is 0.307 e. The first-order valence-electron chi connectivity index (χ1n) is 5.38. The van der Waals surface area contributed by atoms with E-state index in [9.17, 15) is 13.2 Å². The van der Waals surface area contributed by atoms with E-state index in [0.29, 0.717) is 10.6 Å². The molecular weight excluding hydrogens is 276 g/mol. The highest BCUT2D eigenvalue weighted by molar-refractivity contribution is 7.87. The number of carbonyl (C=O) groups is 1. The molecule has 1 fully saturated rings. The molecule has 0 N–H and O–H groups in total. The highest BCUT2D eigenvalue weighted by Crippen LogP contribution is 2.26. The van der Waals surface area contributed by atoms with Crippen LogP contribution >= 0.6 is 11.6 Å². The maximum atomic E-state index is 12.0. The molecule has 98 valence electrons. The SMILES string of the molecule is CC1C(=O)N(C)S(=O)(=O)N1Cc1ccccc1Cl. The van der Waals surface area contributed by atoms with Crippen molar-refractivity contribution in [2.24, 2.45) is 0 Å². The van der Waals surface area contributed by atoms with E-state index in [2.05, 4.69) is 0 Å². The van der Waals surface area contributed by atoms with E-state index in [0.717, 1.165) is 8.61 Å². The van der Waals surface area contributed by atoms with E-state index in [-0.39, 0.29) is 6.54 Å². The quantitative estimate of drug-likeness (QED) is 0.823. The molecule has 2 rings (SSSR count). The van der Waals surface area contributed by atoms with Crippen molar-refractivity contribution in [1.29, 1.82) is 0 Å². The number of benzene rings is 1. The molecule has 0 bridgehead atoms. The number of amides is 1. The van der Waals surface area contributed by atoms with E-state index in [1.807, 2.05) is 0 Å². The molecule has 0 spiro atoms. The molecule has 1 aromatic rings. The van der Waals surface area contributed by atoms with Gasteiger partial charge >= 0.3 is 10.2 Å². The molecule has 1 saturated heterocycles. The predicted molar refractivity (Wildman–Crippen MR) is 68.1 cm³/mol. The molecule has 0 radical (unpaired) electrons. The molecule has 1 unspecified atom stereocenters. The Hall–Kier alpha value is -1.11. The van der Waals surface area contributed by atoms with Crippen LogP contribution in [0.5, 0.6) is 0 Å². The second kappa shape index (κ2) is 4.53. The van der Waals surface area contributed by atoms with Crippen LogP contribution in [-0.2, 0) is 21.5 Å². The maximum absolute atomic E-state index is 12.0. The molecule has 1 aliphatic rings. The molecule has 1 atom stereocenters. The van der Waals surface area contributed by atoms with Gasteiger partial charge in [0.05, 0.1) is 0 Å². The van der Waals surface area contributed by atoms with Gasteiger partial charge in [-0.3, -0.25) is 4.79 Å². The zero-order chi connectivity index (χ0) is 13.5. The van der Waals surface area contributed by atoms with Gasteiger partial charge in [-0.2, -0.15) is 12.7 Å². The summed E-state index contributed by atoms with van der Waals surface area (Å²) in [5.41, 5.74) is 0.678. The second-order valence-corrected chi connectivity index (χ2v) is 6.45. The first-order valence-corrected chi connectivity index (χ1v) is 7.16. The van der Waals surface area contributed by atoms with Gasteiger partial charge in [0, 0.05) is 18.6 Å². The summed E-state index contributed by atoms with van der Waals surface area (Å²) in [5, 5.41) is 0.488. The summed E-state index contributed by atoms with van der Waals surface area (Å²) in [4.78, 5) is 11.7. The Morgan fingerprint density at radius 2 is 1.94 bits per heavy atom. The summed E-state index contributed by atoms with van der Waals surface area (Å²) in [6, 6.07) is 6.28. The summed E-state index contributed by atoms with van der Waals surface area (Å²) < 4.78 is 26.0. The van der Waals surface area contributed by atoms with Gasteiger partial charge in [-0.15, -0.1) is 0 Å². The first kappa shape index (κ1) is 13.3. The molecule has 0 aliphatic carbocycles. The molecule has 1 heterocycles. The van der Waals surface area contributed by atoms with E-state index in [4.69, 9.17) is 11.6 Å². The van der Waals surface area contributed by atoms with Crippen molar-refractivity contribution in [1.82, 2.24) is 8.61 Å². The van der Waals surface area contributed by atoms with Crippen LogP contribution in [0, 0.1) is 0 Å². The van der Waals surface area contributed by atoms with E-state index in [1.54, 1.807) is 31.2 Å². The minimum absolute atomic E-state index is 0.0965. The zero-order valence-electron chi connectivity index (χ0n) is 10.00. The smallest absolute Gasteiger partial charge is 0.272 e. The van der Waals surface area contributed by atoms with E-state index in [1.165, 1.54) is 7.05 Å². The number of hydrogen-bond acceptors (Lipinski definition) is 3. The number of halogens is 1. The molecule has 7 heteroatoms. The van der Waals surface area contributed by atoms with Gasteiger partial charge in [-0.05, 0) is 18.6 Å². The van der Waals surface area contributed by atoms with Crippen molar-refractivity contribution in [3.63, 3.8) is 0 Å². The minimum atomic E-state index is -3.72. The molecule has 0 aromatic heterocycles. The van der Waals surface area contributed by atoms with E-state index >= 15 is 0 Å². The maximum Gasteiger partial charge on any atom is 0.307 e. The molecule has 18 heavy (non-hydrogen) atoms. The standard InChI is InChI=1S/C11H13ClN2O3S/c1-8-11(15)13(2)18(16,17)14(8)7-9-5-3-4-6-10(9)12/h3-6,8H,7H2,1-2H3. The second-order valence-electron chi connectivity index (χ2n) is 4.13. The normalized spacial score (nSPS) is 23.6. The Morgan fingerprint density at radius 3 is 2.44 bits per heavy atom. The lowest BCUT2D eigenvalue weighted by molar-refractivity contribution is -0.126. The number of hydrogen-bond donors (Lipinski definition) is 0. The lowest BCUT2D eigenvalue weighted by Crippen LogP contribution is -2.33. The number of carbonyl (C=O) groups excluding carboxylic acids is 1. The van der Waals surface area contributed by atoms with Gasteiger partial charge < -0.3 is 0 Å². The molecule has 1 aliphatic heterocycles. The third kappa shape index (κ3) is 2.00. The molecule has 5 nitrogen and oxygen atoms in total. The fourth-order valence-electron chi connectivity index (χ4n) is 1.87. The average Bonchev–Trinajstić information content (AvgIpc) is 2.47. The third-order valence-corrected chi connectivity index (χ3v) is 5.31. The Bertz CT molecular complexity index is 588. The minimum Gasteiger partial charge on any atom is -0.272 e. The Morgan fingerprint density at radius 1 is 1.33 bits per heavy atom. The van der Waals surface area contributed by atoms with Gasteiger partial charge in [0.2, 0.25) is 0 Å². The van der Waals surface area contributed by atoms with Gasteiger partial charge in [0.25, 0.3) is 5.91 Å². The lowest BCUT2D eigenvalue weighted by Gasteiger charge is -2.18. The Kier molecular flexibility index (Phi) is 3.35. The Labute approximate surface area is 111 Å².